The molecule has 2 rings (SSSR count). The molecular formula is C16H21Zr. The average Bonchev–Trinajstić information content (AvgIpc) is 2.93. The molecule has 2 aliphatic rings. The van der Waals surface area contributed by atoms with E-state index in [2.05, 4.69) is 39.0 Å². The van der Waals surface area contributed by atoms with Crippen LogP contribution in [0.5, 0.6) is 0 Å². The summed E-state index contributed by atoms with van der Waals surface area (Å²) in [7, 11) is 0. The van der Waals surface area contributed by atoms with E-state index in [1.165, 1.54) is 25.7 Å². The van der Waals surface area contributed by atoms with Crippen molar-refractivity contribution in [3.63, 3.8) is 0 Å². The van der Waals surface area contributed by atoms with Crippen molar-refractivity contribution in [1.82, 2.24) is 0 Å². The van der Waals surface area contributed by atoms with Gasteiger partial charge in [-0.1, -0.05) is 0 Å². The van der Waals surface area contributed by atoms with Crippen molar-refractivity contribution < 1.29 is 24.7 Å². The Kier molecular flexibility index (Phi) is 4.42. The van der Waals surface area contributed by atoms with Crippen LogP contribution in [0.15, 0.2) is 43.8 Å². The Hall–Kier alpha value is -0.157. The molecule has 0 nitrogen and oxygen atoms in total. The Labute approximate surface area is 120 Å². The molecular weight excluding hydrogens is 283 g/mol. The van der Waals surface area contributed by atoms with Gasteiger partial charge in [0.25, 0.3) is 0 Å². The summed E-state index contributed by atoms with van der Waals surface area (Å²) < 4.78 is 1.71. The summed E-state index contributed by atoms with van der Waals surface area (Å²) in [4.78, 5) is 0. The summed E-state index contributed by atoms with van der Waals surface area (Å²) >= 11 is 1.62. The second-order valence-electron chi connectivity index (χ2n) is 4.76. The third kappa shape index (κ3) is 2.24. The Morgan fingerprint density at radius 3 is 2.29 bits per heavy atom. The molecule has 0 aliphatic heterocycles. The van der Waals surface area contributed by atoms with Crippen LogP contribution in [0.1, 0.15) is 46.5 Å². The minimum atomic E-state index is 0.665. The molecule has 0 aromatic heterocycles. The van der Waals surface area contributed by atoms with E-state index in [0.717, 1.165) is 0 Å². The summed E-state index contributed by atoms with van der Waals surface area (Å²) in [5, 5.41) is 0. The number of hydrogen-bond donors (Lipinski definition) is 0. The van der Waals surface area contributed by atoms with Crippen molar-refractivity contribution in [2.75, 3.05) is 0 Å². The molecule has 0 fully saturated rings. The SMILES string of the molecule is CCC1=[C]([Zr])C(C2=CC=CC2)C(CC)=C1CC. The normalized spacial score (nSPS) is 23.9. The van der Waals surface area contributed by atoms with Gasteiger partial charge in [-0.3, -0.25) is 0 Å². The van der Waals surface area contributed by atoms with E-state index < -0.39 is 0 Å². The standard InChI is InChI=1S/C16H21.Zr/c1-4-12-11-16(13-9-7-8-10-13)15(6-3)14(12)5-2;/h7-9,16H,4-6,10H2,1-3H3;. The van der Waals surface area contributed by atoms with Gasteiger partial charge < -0.3 is 0 Å². The van der Waals surface area contributed by atoms with Gasteiger partial charge in [-0.2, -0.15) is 0 Å². The van der Waals surface area contributed by atoms with Crippen LogP contribution in [0.2, 0.25) is 0 Å². The maximum atomic E-state index is 2.34. The van der Waals surface area contributed by atoms with Crippen molar-refractivity contribution in [3.05, 3.63) is 43.8 Å². The van der Waals surface area contributed by atoms with Crippen LogP contribution in [-0.4, -0.2) is 0 Å². The molecule has 0 aromatic carbocycles. The van der Waals surface area contributed by atoms with E-state index in [1.807, 2.05) is 0 Å². The van der Waals surface area contributed by atoms with Crippen molar-refractivity contribution in [1.29, 1.82) is 0 Å². The molecule has 0 amide bonds. The molecule has 17 heavy (non-hydrogen) atoms. The van der Waals surface area contributed by atoms with Crippen molar-refractivity contribution >= 4 is 0 Å². The van der Waals surface area contributed by atoms with Gasteiger partial charge in [-0.15, -0.1) is 0 Å². The number of hydrogen-bond acceptors (Lipinski definition) is 0. The van der Waals surface area contributed by atoms with Gasteiger partial charge in [-0.05, 0) is 0 Å². The maximum absolute atomic E-state index is 2.34. The molecule has 0 saturated heterocycles. The van der Waals surface area contributed by atoms with Crippen LogP contribution >= 0.6 is 0 Å². The Balaban J connectivity index is 2.44. The molecule has 2 aliphatic carbocycles. The van der Waals surface area contributed by atoms with Crippen LogP contribution in [-0.2, 0) is 24.7 Å². The first-order valence-electron chi connectivity index (χ1n) is 6.77. The second-order valence-corrected chi connectivity index (χ2v) is 6.09. The van der Waals surface area contributed by atoms with Gasteiger partial charge in [0, 0.05) is 0 Å². The molecule has 0 heterocycles. The molecule has 0 N–H and O–H groups in total. The van der Waals surface area contributed by atoms with E-state index in [4.69, 9.17) is 0 Å². The Morgan fingerprint density at radius 1 is 1.12 bits per heavy atom. The molecule has 0 bridgehead atoms. The quantitative estimate of drug-likeness (QED) is 0.698. The topological polar surface area (TPSA) is 0 Å². The van der Waals surface area contributed by atoms with E-state index in [-0.39, 0.29) is 0 Å². The predicted octanol–water partition coefficient (Wildman–Crippen LogP) is 4.83. The summed E-state index contributed by atoms with van der Waals surface area (Å²) in [6.45, 7) is 6.95. The molecule has 0 aromatic rings. The van der Waals surface area contributed by atoms with E-state index in [9.17, 15) is 0 Å². The zero-order chi connectivity index (χ0) is 12.4. The predicted molar refractivity (Wildman–Crippen MR) is 70.3 cm³/mol. The number of allylic oxidation sites excluding steroid dienone is 8. The third-order valence-corrected chi connectivity index (χ3v) is 5.42. The fraction of sp³-hybridized carbons (Fsp3) is 0.500. The van der Waals surface area contributed by atoms with Gasteiger partial charge >= 0.3 is 121 Å². The van der Waals surface area contributed by atoms with E-state index >= 15 is 0 Å². The van der Waals surface area contributed by atoms with Gasteiger partial charge in [0.05, 0.1) is 0 Å². The first-order valence-corrected chi connectivity index (χ1v) is 7.99. The van der Waals surface area contributed by atoms with Crippen molar-refractivity contribution in [2.45, 2.75) is 46.5 Å². The van der Waals surface area contributed by atoms with Crippen LogP contribution in [0.25, 0.3) is 0 Å². The van der Waals surface area contributed by atoms with Gasteiger partial charge in [0.15, 0.2) is 0 Å². The van der Waals surface area contributed by atoms with Gasteiger partial charge in [0.1, 0.15) is 0 Å². The van der Waals surface area contributed by atoms with Crippen LogP contribution < -0.4 is 0 Å². The van der Waals surface area contributed by atoms with Crippen LogP contribution in [0.3, 0.4) is 0 Å². The number of rotatable bonds is 4. The zero-order valence-corrected chi connectivity index (χ0v) is 13.6. The summed E-state index contributed by atoms with van der Waals surface area (Å²) in [6, 6.07) is 0. The molecule has 1 unspecified atom stereocenters. The van der Waals surface area contributed by atoms with Crippen LogP contribution in [0, 0.1) is 5.92 Å². The molecule has 89 valence electrons. The molecule has 1 heteroatoms. The summed E-state index contributed by atoms with van der Waals surface area (Å²) in [5.41, 5.74) is 6.70. The zero-order valence-electron chi connectivity index (χ0n) is 11.1. The minimum absolute atomic E-state index is 0.665. The first kappa shape index (κ1) is 13.3. The fourth-order valence-electron chi connectivity index (χ4n) is 3.23. The molecule has 0 saturated carbocycles. The van der Waals surface area contributed by atoms with Gasteiger partial charge in [0.2, 0.25) is 0 Å². The summed E-state index contributed by atoms with van der Waals surface area (Å²) in [5.74, 6) is 0.665. The van der Waals surface area contributed by atoms with E-state index in [0.29, 0.717) is 5.92 Å². The fourth-order valence-corrected chi connectivity index (χ4v) is 4.92. The van der Waals surface area contributed by atoms with Crippen LogP contribution in [0.4, 0.5) is 0 Å². The monoisotopic (exact) mass is 303 g/mol. The average molecular weight is 305 g/mol. The van der Waals surface area contributed by atoms with E-state index in [1.54, 1.807) is 50.3 Å². The molecule has 0 spiro atoms. The van der Waals surface area contributed by atoms with Crippen molar-refractivity contribution in [3.8, 4) is 0 Å². The molecule has 1 atom stereocenters. The third-order valence-electron chi connectivity index (χ3n) is 3.97. The summed E-state index contributed by atoms with van der Waals surface area (Å²) in [6.07, 6.45) is 11.7. The first-order chi connectivity index (χ1) is 8.24. The molecule has 0 radical (unpaired) electrons. The Bertz CT molecular complexity index is 432. The van der Waals surface area contributed by atoms with Crippen molar-refractivity contribution in [2.24, 2.45) is 5.92 Å². The Morgan fingerprint density at radius 2 is 1.82 bits per heavy atom. The van der Waals surface area contributed by atoms with Gasteiger partial charge in [-0.25, -0.2) is 0 Å². The second kappa shape index (κ2) is 5.66.